The van der Waals surface area contributed by atoms with Crippen LogP contribution in [0.3, 0.4) is 0 Å². The highest BCUT2D eigenvalue weighted by atomic mass is 35.5. The smallest absolute Gasteiger partial charge is 0.330 e. The standard InChI is InChI=1S/C12H13ClN4O2/c1-2-7-18-11-15-10(14)16-12(17-11)19-9-6-4-3-5-8(9)13/h3-6H,2,7H2,1H3,(H2,14,15,16,17). The number of nitrogens with zero attached hydrogens (tertiary/aromatic N) is 3. The minimum absolute atomic E-state index is 0.0307. The molecule has 0 amide bonds. The van der Waals surface area contributed by atoms with Gasteiger partial charge in [-0.1, -0.05) is 30.7 Å². The van der Waals surface area contributed by atoms with Gasteiger partial charge in [-0.15, -0.1) is 4.98 Å². The van der Waals surface area contributed by atoms with Crippen molar-refractivity contribution in [2.45, 2.75) is 13.3 Å². The average molecular weight is 281 g/mol. The number of ether oxygens (including phenoxy) is 2. The normalized spacial score (nSPS) is 10.2. The van der Waals surface area contributed by atoms with E-state index < -0.39 is 0 Å². The molecule has 0 aliphatic heterocycles. The van der Waals surface area contributed by atoms with Crippen molar-refractivity contribution >= 4 is 17.5 Å². The fraction of sp³-hybridized carbons (Fsp3) is 0.250. The third-order valence-electron chi connectivity index (χ3n) is 2.08. The molecule has 0 bridgehead atoms. The zero-order chi connectivity index (χ0) is 13.7. The largest absolute Gasteiger partial charge is 0.463 e. The molecule has 0 unspecified atom stereocenters. The van der Waals surface area contributed by atoms with Crippen LogP contribution in [0.4, 0.5) is 5.95 Å². The first-order chi connectivity index (χ1) is 9.19. The first-order valence-electron chi connectivity index (χ1n) is 5.75. The average Bonchev–Trinajstić information content (AvgIpc) is 2.38. The van der Waals surface area contributed by atoms with Crippen molar-refractivity contribution in [3.05, 3.63) is 29.3 Å². The van der Waals surface area contributed by atoms with Gasteiger partial charge in [0, 0.05) is 0 Å². The van der Waals surface area contributed by atoms with E-state index in [2.05, 4.69) is 15.0 Å². The first kappa shape index (κ1) is 13.4. The quantitative estimate of drug-likeness (QED) is 0.906. The number of hydrogen-bond acceptors (Lipinski definition) is 6. The lowest BCUT2D eigenvalue weighted by molar-refractivity contribution is 0.285. The molecule has 0 aliphatic rings. The van der Waals surface area contributed by atoms with Gasteiger partial charge in [-0.05, 0) is 18.6 Å². The molecule has 2 rings (SSSR count). The highest BCUT2D eigenvalue weighted by molar-refractivity contribution is 6.32. The molecule has 2 N–H and O–H groups in total. The molecule has 2 aromatic rings. The summed E-state index contributed by atoms with van der Waals surface area (Å²) in [5, 5.41) is 0.456. The molecule has 1 aromatic carbocycles. The van der Waals surface area contributed by atoms with Gasteiger partial charge in [0.15, 0.2) is 0 Å². The molecule has 0 atom stereocenters. The van der Waals surface area contributed by atoms with Crippen LogP contribution in [-0.2, 0) is 0 Å². The number of anilines is 1. The SMILES string of the molecule is CCCOc1nc(N)nc(Oc2ccccc2Cl)n1. The Bertz CT molecular complexity index is 565. The number of nitrogens with two attached hydrogens (primary N) is 1. The Morgan fingerprint density at radius 2 is 1.89 bits per heavy atom. The third kappa shape index (κ3) is 3.69. The molecule has 0 aliphatic carbocycles. The zero-order valence-corrected chi connectivity index (χ0v) is 11.1. The Labute approximate surface area is 115 Å². The number of halogens is 1. The van der Waals surface area contributed by atoms with E-state index in [9.17, 15) is 0 Å². The topological polar surface area (TPSA) is 83.2 Å². The molecular formula is C12H13ClN4O2. The summed E-state index contributed by atoms with van der Waals surface area (Å²) in [7, 11) is 0. The Kier molecular flexibility index (Phi) is 4.35. The van der Waals surface area contributed by atoms with Crippen LogP contribution in [0.2, 0.25) is 5.02 Å². The molecule has 19 heavy (non-hydrogen) atoms. The van der Waals surface area contributed by atoms with Crippen LogP contribution in [0, 0.1) is 0 Å². The molecule has 6 nitrogen and oxygen atoms in total. The Hall–Kier alpha value is -2.08. The van der Waals surface area contributed by atoms with Crippen LogP contribution in [-0.4, -0.2) is 21.6 Å². The maximum atomic E-state index is 5.98. The second-order valence-corrected chi connectivity index (χ2v) is 4.05. The van der Waals surface area contributed by atoms with Gasteiger partial charge in [-0.25, -0.2) is 0 Å². The highest BCUT2D eigenvalue weighted by Gasteiger charge is 2.09. The number of aromatic nitrogens is 3. The van der Waals surface area contributed by atoms with E-state index in [0.717, 1.165) is 6.42 Å². The van der Waals surface area contributed by atoms with Crippen molar-refractivity contribution in [1.82, 2.24) is 15.0 Å². The monoisotopic (exact) mass is 280 g/mol. The van der Waals surface area contributed by atoms with Crippen molar-refractivity contribution < 1.29 is 9.47 Å². The summed E-state index contributed by atoms with van der Waals surface area (Å²) in [5.74, 6) is 0.472. The Balaban J connectivity index is 2.20. The predicted octanol–water partition coefficient (Wildman–Crippen LogP) is 2.69. The molecule has 100 valence electrons. The van der Waals surface area contributed by atoms with Gasteiger partial charge in [0.2, 0.25) is 5.95 Å². The Morgan fingerprint density at radius 3 is 2.63 bits per heavy atom. The number of hydrogen-bond donors (Lipinski definition) is 1. The summed E-state index contributed by atoms with van der Waals surface area (Å²) in [6, 6.07) is 7.18. The highest BCUT2D eigenvalue weighted by Crippen LogP contribution is 2.27. The number of rotatable bonds is 5. The molecule has 1 aromatic heterocycles. The number of benzene rings is 1. The Morgan fingerprint density at radius 1 is 1.16 bits per heavy atom. The van der Waals surface area contributed by atoms with Gasteiger partial charge in [0.25, 0.3) is 0 Å². The minimum Gasteiger partial charge on any atom is -0.463 e. The second-order valence-electron chi connectivity index (χ2n) is 3.64. The van der Waals surface area contributed by atoms with E-state index in [4.69, 9.17) is 26.8 Å². The van der Waals surface area contributed by atoms with Gasteiger partial charge in [0.05, 0.1) is 11.6 Å². The molecule has 0 spiro atoms. The number of para-hydroxylation sites is 1. The van der Waals surface area contributed by atoms with Crippen LogP contribution in [0.25, 0.3) is 0 Å². The van der Waals surface area contributed by atoms with E-state index in [-0.39, 0.29) is 18.0 Å². The second kappa shape index (κ2) is 6.19. The van der Waals surface area contributed by atoms with E-state index >= 15 is 0 Å². The fourth-order valence-electron chi connectivity index (χ4n) is 1.28. The summed E-state index contributed by atoms with van der Waals surface area (Å²) in [6.45, 7) is 2.47. The lowest BCUT2D eigenvalue weighted by Gasteiger charge is -2.07. The van der Waals surface area contributed by atoms with Crippen LogP contribution < -0.4 is 15.2 Å². The fourth-order valence-corrected chi connectivity index (χ4v) is 1.46. The van der Waals surface area contributed by atoms with E-state index in [1.807, 2.05) is 6.92 Å². The van der Waals surface area contributed by atoms with Crippen molar-refractivity contribution in [2.24, 2.45) is 0 Å². The van der Waals surface area contributed by atoms with Gasteiger partial charge < -0.3 is 15.2 Å². The van der Waals surface area contributed by atoms with Gasteiger partial charge in [0.1, 0.15) is 5.75 Å². The van der Waals surface area contributed by atoms with Crippen LogP contribution >= 0.6 is 11.6 Å². The van der Waals surface area contributed by atoms with Crippen molar-refractivity contribution in [3.8, 4) is 17.8 Å². The summed E-state index contributed by atoms with van der Waals surface area (Å²) in [4.78, 5) is 11.7. The minimum atomic E-state index is 0.0307. The van der Waals surface area contributed by atoms with E-state index in [1.54, 1.807) is 24.3 Å². The van der Waals surface area contributed by atoms with Gasteiger partial charge in [-0.3, -0.25) is 0 Å². The predicted molar refractivity (Wildman–Crippen MR) is 71.6 cm³/mol. The maximum Gasteiger partial charge on any atom is 0.330 e. The lowest BCUT2D eigenvalue weighted by atomic mass is 10.3. The van der Waals surface area contributed by atoms with Crippen molar-refractivity contribution in [3.63, 3.8) is 0 Å². The van der Waals surface area contributed by atoms with Crippen LogP contribution in [0.1, 0.15) is 13.3 Å². The molecule has 0 saturated carbocycles. The summed E-state index contributed by atoms with van der Waals surface area (Å²) in [5.41, 5.74) is 5.57. The zero-order valence-electron chi connectivity index (χ0n) is 10.3. The van der Waals surface area contributed by atoms with Gasteiger partial charge in [-0.2, -0.15) is 9.97 Å². The van der Waals surface area contributed by atoms with Gasteiger partial charge >= 0.3 is 12.0 Å². The van der Waals surface area contributed by atoms with Crippen LogP contribution in [0.5, 0.6) is 17.8 Å². The molecule has 0 saturated heterocycles. The molecule has 0 radical (unpaired) electrons. The maximum absolute atomic E-state index is 5.98. The van der Waals surface area contributed by atoms with Crippen molar-refractivity contribution in [1.29, 1.82) is 0 Å². The lowest BCUT2D eigenvalue weighted by Crippen LogP contribution is -2.05. The summed E-state index contributed by atoms with van der Waals surface area (Å²) < 4.78 is 10.7. The molecule has 0 fully saturated rings. The molecular weight excluding hydrogens is 268 g/mol. The van der Waals surface area contributed by atoms with E-state index in [1.165, 1.54) is 0 Å². The summed E-state index contributed by atoms with van der Waals surface area (Å²) >= 11 is 5.98. The van der Waals surface area contributed by atoms with E-state index in [0.29, 0.717) is 17.4 Å². The van der Waals surface area contributed by atoms with Crippen molar-refractivity contribution in [2.75, 3.05) is 12.3 Å². The third-order valence-corrected chi connectivity index (χ3v) is 2.40. The molecule has 1 heterocycles. The first-order valence-corrected chi connectivity index (χ1v) is 6.13. The molecule has 7 heteroatoms. The summed E-state index contributed by atoms with van der Waals surface area (Å²) in [6.07, 6.45) is 0.840. The number of nitrogen functional groups attached to an aromatic ring is 1. The van der Waals surface area contributed by atoms with Crippen LogP contribution in [0.15, 0.2) is 24.3 Å².